The molecule has 1 heterocycles. The smallest absolute Gasteiger partial charge is 0.248 e. The lowest BCUT2D eigenvalue weighted by atomic mass is 10.1. The molecule has 7 heteroatoms. The number of H-pyrrole nitrogens is 1. The van der Waals surface area contributed by atoms with Crippen molar-refractivity contribution in [1.29, 1.82) is 0 Å². The number of carbonyl (C=O) groups excluding carboxylic acids is 2. The molecular formula is C21H21N5O2. The van der Waals surface area contributed by atoms with Crippen molar-refractivity contribution in [2.45, 2.75) is 12.8 Å². The first-order valence-electron chi connectivity index (χ1n) is 8.82. The Balaban J connectivity index is 1.55. The van der Waals surface area contributed by atoms with E-state index in [0.717, 1.165) is 11.4 Å². The molecule has 3 rings (SSSR count). The standard InChI is InChI=1S/C21H21N5O2/c22-17-6-1-2-7-18(17)26-21(28)10-8-15-4-3-5-16(14-15)25-20(27)11-9-19-23-12-13-24-19/h1-8,10,12-14H,9,11,22H2,(H,23,24)(H,25,27)(H,26,28)/b10-8+. The number of hydrogen-bond acceptors (Lipinski definition) is 4. The van der Waals surface area contributed by atoms with Crippen LogP contribution in [0.25, 0.3) is 6.08 Å². The van der Waals surface area contributed by atoms with Gasteiger partial charge >= 0.3 is 0 Å². The fourth-order valence-corrected chi connectivity index (χ4v) is 2.57. The Hall–Kier alpha value is -3.87. The van der Waals surface area contributed by atoms with Crippen LogP contribution in [0.1, 0.15) is 17.8 Å². The molecule has 0 aliphatic heterocycles. The molecule has 0 spiro atoms. The number of carbonyl (C=O) groups is 2. The Labute approximate surface area is 162 Å². The molecule has 0 aliphatic rings. The van der Waals surface area contributed by atoms with Crippen molar-refractivity contribution in [3.05, 3.63) is 78.4 Å². The molecule has 3 aromatic rings. The topological polar surface area (TPSA) is 113 Å². The number of nitrogens with zero attached hydrogens (tertiary/aromatic N) is 1. The summed E-state index contributed by atoms with van der Waals surface area (Å²) in [5.74, 6) is 0.387. The summed E-state index contributed by atoms with van der Waals surface area (Å²) in [6.45, 7) is 0. The Bertz CT molecular complexity index is 980. The van der Waals surface area contributed by atoms with Crippen LogP contribution in [-0.4, -0.2) is 21.8 Å². The normalized spacial score (nSPS) is 10.7. The SMILES string of the molecule is Nc1ccccc1NC(=O)/C=C/c1cccc(NC(=O)CCc2ncc[nH]2)c1. The van der Waals surface area contributed by atoms with Crippen molar-refractivity contribution in [3.8, 4) is 0 Å². The van der Waals surface area contributed by atoms with E-state index in [1.165, 1.54) is 6.08 Å². The van der Waals surface area contributed by atoms with Gasteiger partial charge in [0.25, 0.3) is 0 Å². The molecule has 142 valence electrons. The fraction of sp³-hybridized carbons (Fsp3) is 0.0952. The number of anilines is 3. The van der Waals surface area contributed by atoms with Crippen LogP contribution in [0, 0.1) is 0 Å². The zero-order chi connectivity index (χ0) is 19.8. The van der Waals surface area contributed by atoms with E-state index >= 15 is 0 Å². The third kappa shape index (κ3) is 5.57. The fourth-order valence-electron chi connectivity index (χ4n) is 2.57. The van der Waals surface area contributed by atoms with Crippen LogP contribution >= 0.6 is 0 Å². The van der Waals surface area contributed by atoms with Gasteiger partial charge in [0.1, 0.15) is 5.82 Å². The Morgan fingerprint density at radius 3 is 2.75 bits per heavy atom. The summed E-state index contributed by atoms with van der Waals surface area (Å²) in [5.41, 5.74) is 8.34. The van der Waals surface area contributed by atoms with Gasteiger partial charge in [0, 0.05) is 37.0 Å². The lowest BCUT2D eigenvalue weighted by Crippen LogP contribution is -2.12. The molecule has 0 unspecified atom stereocenters. The second-order valence-corrected chi connectivity index (χ2v) is 6.12. The number of benzene rings is 2. The highest BCUT2D eigenvalue weighted by molar-refractivity contribution is 6.03. The molecule has 5 N–H and O–H groups in total. The maximum absolute atomic E-state index is 12.1. The van der Waals surface area contributed by atoms with Gasteiger partial charge in [-0.2, -0.15) is 0 Å². The molecule has 7 nitrogen and oxygen atoms in total. The molecule has 1 aromatic heterocycles. The molecule has 2 amide bonds. The maximum atomic E-state index is 12.1. The van der Waals surface area contributed by atoms with Crippen LogP contribution in [-0.2, 0) is 16.0 Å². The third-order valence-corrected chi connectivity index (χ3v) is 3.96. The minimum Gasteiger partial charge on any atom is -0.397 e. The van der Waals surface area contributed by atoms with Crippen LogP contribution < -0.4 is 16.4 Å². The molecule has 0 radical (unpaired) electrons. The minimum absolute atomic E-state index is 0.102. The molecular weight excluding hydrogens is 354 g/mol. The van der Waals surface area contributed by atoms with Crippen LogP contribution in [0.15, 0.2) is 67.0 Å². The molecule has 28 heavy (non-hydrogen) atoms. The number of nitrogens with one attached hydrogen (secondary N) is 3. The second kappa shape index (κ2) is 9.18. The zero-order valence-corrected chi connectivity index (χ0v) is 15.2. The van der Waals surface area contributed by atoms with Crippen molar-refractivity contribution in [2.75, 3.05) is 16.4 Å². The molecule has 0 bridgehead atoms. The summed E-state index contributed by atoms with van der Waals surface area (Å²) in [6, 6.07) is 14.3. The van der Waals surface area contributed by atoms with E-state index in [-0.39, 0.29) is 11.8 Å². The van der Waals surface area contributed by atoms with E-state index in [4.69, 9.17) is 5.73 Å². The van der Waals surface area contributed by atoms with E-state index in [2.05, 4.69) is 20.6 Å². The number of para-hydroxylation sites is 2. The Morgan fingerprint density at radius 1 is 1.11 bits per heavy atom. The van der Waals surface area contributed by atoms with E-state index < -0.39 is 0 Å². The van der Waals surface area contributed by atoms with Gasteiger partial charge in [0.05, 0.1) is 11.4 Å². The summed E-state index contributed by atoms with van der Waals surface area (Å²) < 4.78 is 0. The van der Waals surface area contributed by atoms with Crippen molar-refractivity contribution >= 4 is 35.0 Å². The summed E-state index contributed by atoms with van der Waals surface area (Å²) >= 11 is 0. The summed E-state index contributed by atoms with van der Waals surface area (Å²) in [5, 5.41) is 5.58. The number of amides is 2. The molecule has 0 fully saturated rings. The monoisotopic (exact) mass is 375 g/mol. The van der Waals surface area contributed by atoms with Gasteiger partial charge in [-0.25, -0.2) is 4.98 Å². The molecule has 2 aromatic carbocycles. The molecule has 0 aliphatic carbocycles. The zero-order valence-electron chi connectivity index (χ0n) is 15.2. The van der Waals surface area contributed by atoms with Gasteiger partial charge in [-0.15, -0.1) is 0 Å². The number of imidazole rings is 1. The van der Waals surface area contributed by atoms with Crippen LogP contribution in [0.4, 0.5) is 17.1 Å². The lowest BCUT2D eigenvalue weighted by Gasteiger charge is -2.06. The Kier molecular flexibility index (Phi) is 6.20. The van der Waals surface area contributed by atoms with Crippen LogP contribution in [0.5, 0.6) is 0 Å². The van der Waals surface area contributed by atoms with Crippen molar-refractivity contribution < 1.29 is 9.59 Å². The Morgan fingerprint density at radius 2 is 1.96 bits per heavy atom. The lowest BCUT2D eigenvalue weighted by molar-refractivity contribution is -0.116. The van der Waals surface area contributed by atoms with Gasteiger partial charge in [-0.05, 0) is 35.9 Å². The average Bonchev–Trinajstić information content (AvgIpc) is 3.21. The number of rotatable bonds is 7. The summed E-state index contributed by atoms with van der Waals surface area (Å²) in [4.78, 5) is 31.2. The van der Waals surface area contributed by atoms with Crippen LogP contribution in [0.2, 0.25) is 0 Å². The second-order valence-electron chi connectivity index (χ2n) is 6.12. The number of aromatic nitrogens is 2. The number of hydrogen-bond donors (Lipinski definition) is 4. The predicted octanol–water partition coefficient (Wildman–Crippen LogP) is 3.22. The van der Waals surface area contributed by atoms with E-state index in [0.29, 0.717) is 29.9 Å². The van der Waals surface area contributed by atoms with E-state index in [9.17, 15) is 9.59 Å². The highest BCUT2D eigenvalue weighted by atomic mass is 16.2. The first-order chi connectivity index (χ1) is 13.6. The van der Waals surface area contributed by atoms with E-state index in [1.807, 2.05) is 12.1 Å². The number of nitrogens with two attached hydrogens (primary N) is 1. The van der Waals surface area contributed by atoms with Crippen molar-refractivity contribution in [1.82, 2.24) is 9.97 Å². The number of nitrogen functional groups attached to an aromatic ring is 1. The van der Waals surface area contributed by atoms with Gasteiger partial charge in [-0.1, -0.05) is 24.3 Å². The largest absolute Gasteiger partial charge is 0.397 e. The minimum atomic E-state index is -0.286. The molecule has 0 atom stereocenters. The van der Waals surface area contributed by atoms with Gasteiger partial charge in [-0.3, -0.25) is 9.59 Å². The van der Waals surface area contributed by atoms with E-state index in [1.54, 1.807) is 54.9 Å². The van der Waals surface area contributed by atoms with Crippen molar-refractivity contribution in [3.63, 3.8) is 0 Å². The average molecular weight is 375 g/mol. The molecule has 0 saturated heterocycles. The molecule has 0 saturated carbocycles. The quantitative estimate of drug-likeness (QED) is 0.375. The maximum Gasteiger partial charge on any atom is 0.248 e. The first-order valence-corrected chi connectivity index (χ1v) is 8.82. The summed E-state index contributed by atoms with van der Waals surface area (Å²) in [7, 11) is 0. The predicted molar refractivity (Wildman–Crippen MR) is 110 cm³/mol. The highest BCUT2D eigenvalue weighted by Gasteiger charge is 2.05. The highest BCUT2D eigenvalue weighted by Crippen LogP contribution is 2.17. The number of aryl methyl sites for hydroxylation is 1. The van der Waals surface area contributed by atoms with Crippen molar-refractivity contribution in [2.24, 2.45) is 0 Å². The van der Waals surface area contributed by atoms with Gasteiger partial charge in [0.15, 0.2) is 0 Å². The first kappa shape index (κ1) is 18.9. The van der Waals surface area contributed by atoms with Gasteiger partial charge < -0.3 is 21.4 Å². The summed E-state index contributed by atoms with van der Waals surface area (Å²) in [6.07, 6.45) is 7.35. The number of aromatic amines is 1. The third-order valence-electron chi connectivity index (χ3n) is 3.96. The van der Waals surface area contributed by atoms with Gasteiger partial charge in [0.2, 0.25) is 11.8 Å². The van der Waals surface area contributed by atoms with Crippen LogP contribution in [0.3, 0.4) is 0 Å².